The Balaban J connectivity index is 0.000000371. The lowest BCUT2D eigenvalue weighted by atomic mass is 9.91. The molecule has 2 aromatic carbocycles. The summed E-state index contributed by atoms with van der Waals surface area (Å²) in [6.07, 6.45) is 9.77. The number of aryl methyl sites for hydroxylation is 1. The van der Waals surface area contributed by atoms with E-state index in [-0.39, 0.29) is 16.8 Å². The molecule has 0 spiro atoms. The van der Waals surface area contributed by atoms with Crippen molar-refractivity contribution in [3.63, 3.8) is 0 Å². The molecule has 1 heterocycles. The number of benzene rings is 2. The Bertz CT molecular complexity index is 1230. The summed E-state index contributed by atoms with van der Waals surface area (Å²) in [6.45, 7) is 14.7. The number of halogens is 3. The third-order valence-electron chi connectivity index (χ3n) is 6.38. The summed E-state index contributed by atoms with van der Waals surface area (Å²) in [5.41, 5.74) is 6.92. The molecule has 0 bridgehead atoms. The first-order valence-electron chi connectivity index (χ1n) is 13.2. The maximum absolute atomic E-state index is 13.9. The summed E-state index contributed by atoms with van der Waals surface area (Å²) >= 11 is 11.6. The molecule has 0 aliphatic carbocycles. The van der Waals surface area contributed by atoms with Crippen LogP contribution in [-0.2, 0) is 6.42 Å². The van der Waals surface area contributed by atoms with Crippen LogP contribution in [0.15, 0.2) is 64.3 Å². The molecule has 1 N–H and O–H groups in total. The van der Waals surface area contributed by atoms with Crippen molar-refractivity contribution in [2.45, 2.75) is 86.0 Å². The van der Waals surface area contributed by atoms with E-state index in [1.54, 1.807) is 18.4 Å². The van der Waals surface area contributed by atoms with E-state index in [1.165, 1.54) is 28.5 Å². The Labute approximate surface area is 232 Å². The van der Waals surface area contributed by atoms with Gasteiger partial charge in [-0.25, -0.2) is 4.39 Å². The minimum atomic E-state index is -0.372. The van der Waals surface area contributed by atoms with Crippen LogP contribution in [0.1, 0.15) is 102 Å². The topological polar surface area (TPSA) is 28.1 Å². The fourth-order valence-corrected chi connectivity index (χ4v) is 4.42. The number of fused-ring (bicyclic) bond motifs is 1. The van der Waals surface area contributed by atoms with Gasteiger partial charge in [-0.15, -0.1) is 0 Å². The average molecular weight is 544 g/mol. The maximum atomic E-state index is 13.9. The Morgan fingerprint density at radius 2 is 1.70 bits per heavy atom. The van der Waals surface area contributed by atoms with Crippen molar-refractivity contribution in [2.24, 2.45) is 4.99 Å². The van der Waals surface area contributed by atoms with Crippen molar-refractivity contribution < 1.29 is 4.39 Å². The summed E-state index contributed by atoms with van der Waals surface area (Å²) in [5, 5.41) is 1.98. The molecule has 0 saturated heterocycles. The zero-order valence-corrected chi connectivity index (χ0v) is 24.8. The summed E-state index contributed by atoms with van der Waals surface area (Å²) in [6, 6.07) is 12.1. The lowest BCUT2D eigenvalue weighted by Gasteiger charge is -2.15. The highest BCUT2D eigenvalue weighted by atomic mass is 35.5. The Kier molecular flexibility index (Phi) is 12.6. The lowest BCUT2D eigenvalue weighted by molar-refractivity contribution is 0.630. The third-order valence-corrected chi connectivity index (χ3v) is 6.79. The van der Waals surface area contributed by atoms with E-state index >= 15 is 0 Å². The number of aromatic amines is 1. The van der Waals surface area contributed by atoms with E-state index in [9.17, 15) is 4.39 Å². The zero-order chi connectivity index (χ0) is 27.5. The van der Waals surface area contributed by atoms with E-state index in [2.05, 4.69) is 74.9 Å². The minimum absolute atomic E-state index is 0.190. The summed E-state index contributed by atoms with van der Waals surface area (Å²) in [4.78, 5) is 7.61. The molecule has 0 aliphatic heterocycles. The quantitative estimate of drug-likeness (QED) is 0.260. The smallest absolute Gasteiger partial charge is 0.143 e. The van der Waals surface area contributed by atoms with Crippen LogP contribution < -0.4 is 0 Å². The summed E-state index contributed by atoms with van der Waals surface area (Å²) < 4.78 is 13.9. The van der Waals surface area contributed by atoms with Gasteiger partial charge in [-0.1, -0.05) is 94.6 Å². The van der Waals surface area contributed by atoms with Gasteiger partial charge in [0.15, 0.2) is 0 Å². The number of nitrogens with zero attached hydrogens (tertiary/aromatic N) is 1. The second kappa shape index (κ2) is 15.1. The number of aliphatic imine (C=N–C) groups is 1. The molecule has 0 amide bonds. The molecule has 37 heavy (non-hydrogen) atoms. The molecule has 200 valence electrons. The third kappa shape index (κ3) is 9.16. The molecule has 1 aromatic heterocycles. The predicted molar refractivity (Wildman–Crippen MR) is 162 cm³/mol. The van der Waals surface area contributed by atoms with Gasteiger partial charge < -0.3 is 4.98 Å². The van der Waals surface area contributed by atoms with Crippen molar-refractivity contribution in [1.29, 1.82) is 0 Å². The van der Waals surface area contributed by atoms with Crippen LogP contribution in [0, 0.1) is 5.82 Å². The molecule has 0 radical (unpaired) electrons. The van der Waals surface area contributed by atoms with Crippen molar-refractivity contribution in [3.8, 4) is 0 Å². The van der Waals surface area contributed by atoms with E-state index < -0.39 is 0 Å². The van der Waals surface area contributed by atoms with Crippen LogP contribution in [0.2, 0.25) is 5.02 Å². The number of unbranched alkanes of at least 4 members (excludes halogenated alkanes) is 1. The molecule has 1 unspecified atom stereocenters. The van der Waals surface area contributed by atoms with Gasteiger partial charge >= 0.3 is 0 Å². The van der Waals surface area contributed by atoms with Crippen LogP contribution in [0.25, 0.3) is 10.9 Å². The van der Waals surface area contributed by atoms with E-state index in [4.69, 9.17) is 23.2 Å². The number of nitrogens with one attached hydrogen (secondary N) is 1. The van der Waals surface area contributed by atoms with Gasteiger partial charge in [-0.2, -0.15) is 0 Å². The van der Waals surface area contributed by atoms with Gasteiger partial charge in [0.1, 0.15) is 5.82 Å². The molecule has 1 atom stereocenters. The van der Waals surface area contributed by atoms with Gasteiger partial charge in [0.25, 0.3) is 0 Å². The van der Waals surface area contributed by atoms with Crippen molar-refractivity contribution in [3.05, 3.63) is 92.5 Å². The molecule has 2 nitrogen and oxygen atoms in total. The zero-order valence-electron chi connectivity index (χ0n) is 23.3. The Morgan fingerprint density at radius 1 is 1.05 bits per heavy atom. The van der Waals surface area contributed by atoms with Crippen molar-refractivity contribution >= 4 is 40.3 Å². The summed E-state index contributed by atoms with van der Waals surface area (Å²) in [5.74, 6) is 0.373. The Morgan fingerprint density at radius 3 is 2.27 bits per heavy atom. The minimum Gasteiger partial charge on any atom is -0.358 e. The van der Waals surface area contributed by atoms with Gasteiger partial charge in [-0.05, 0) is 73.9 Å². The first kappa shape index (κ1) is 30.9. The van der Waals surface area contributed by atoms with E-state index in [0.717, 1.165) is 47.3 Å². The number of rotatable bonds is 9. The average Bonchev–Trinajstić information content (AvgIpc) is 3.19. The second-order valence-corrected chi connectivity index (χ2v) is 10.8. The monoisotopic (exact) mass is 542 g/mol. The molecular weight excluding hydrogens is 502 g/mol. The van der Waals surface area contributed by atoms with Crippen molar-refractivity contribution in [1.82, 2.24) is 4.98 Å². The lowest BCUT2D eigenvalue weighted by Crippen LogP contribution is -2.01. The molecule has 3 aromatic rings. The fraction of sp³-hybridized carbons (Fsp3) is 0.406. The van der Waals surface area contributed by atoms with Crippen LogP contribution >= 0.6 is 23.2 Å². The van der Waals surface area contributed by atoms with Crippen LogP contribution in [0.4, 0.5) is 4.39 Å². The first-order valence-corrected chi connectivity index (χ1v) is 14.0. The van der Waals surface area contributed by atoms with E-state index in [0.29, 0.717) is 5.92 Å². The van der Waals surface area contributed by atoms with Crippen LogP contribution in [-0.4, -0.2) is 11.2 Å². The molecule has 0 saturated carbocycles. The molecule has 0 aliphatic rings. The SMILES string of the molecule is CC/C=C(C)/N=C/C=C(\C)Cl.CCCCc1c(C(C)c2ccc(C(C)C)cc2)[nH]c2cc(F)c(Cl)cc12. The standard InChI is InChI=1S/C23H27ClFN.C9H14ClN/c1-5-6-7-18-19-12-20(24)21(25)13-22(19)26-23(18)15(4)17-10-8-16(9-11-17)14(2)3;1-4-5-9(3)11-7-6-8(2)10/h8-15,26H,5-7H2,1-4H3;5-7H,4H2,1-3H3/b;8-6+,9-5+,11-7+. The highest BCUT2D eigenvalue weighted by Gasteiger charge is 2.19. The van der Waals surface area contributed by atoms with Gasteiger partial charge in [0.2, 0.25) is 0 Å². The number of hydrogen-bond acceptors (Lipinski definition) is 1. The van der Waals surface area contributed by atoms with Crippen LogP contribution in [0.5, 0.6) is 0 Å². The normalized spacial score (nSPS) is 13.4. The Hall–Kier alpha value is -2.36. The largest absolute Gasteiger partial charge is 0.358 e. The fourth-order valence-electron chi connectivity index (χ4n) is 4.20. The van der Waals surface area contributed by atoms with Crippen molar-refractivity contribution in [2.75, 3.05) is 0 Å². The van der Waals surface area contributed by atoms with E-state index in [1.807, 2.05) is 13.8 Å². The van der Waals surface area contributed by atoms with Gasteiger partial charge in [-0.3, -0.25) is 4.99 Å². The highest BCUT2D eigenvalue weighted by Crippen LogP contribution is 2.35. The number of aromatic nitrogens is 1. The second-order valence-electron chi connectivity index (χ2n) is 9.76. The van der Waals surface area contributed by atoms with Gasteiger partial charge in [0, 0.05) is 39.5 Å². The highest BCUT2D eigenvalue weighted by molar-refractivity contribution is 6.31. The van der Waals surface area contributed by atoms with Crippen LogP contribution in [0.3, 0.4) is 0 Å². The molecule has 0 fully saturated rings. The predicted octanol–water partition coefficient (Wildman–Crippen LogP) is 11.1. The van der Waals surface area contributed by atoms with Gasteiger partial charge in [0.05, 0.1) is 5.02 Å². The molecule has 3 rings (SSSR count). The molecule has 5 heteroatoms. The maximum Gasteiger partial charge on any atom is 0.143 e. The number of allylic oxidation sites excluding steroid dienone is 4. The summed E-state index contributed by atoms with van der Waals surface area (Å²) in [7, 11) is 0. The number of hydrogen-bond donors (Lipinski definition) is 1. The number of H-pyrrole nitrogens is 1. The first-order chi connectivity index (χ1) is 17.6. The molecular formula is C32H41Cl2FN2.